The van der Waals surface area contributed by atoms with Crippen LogP contribution in [0.2, 0.25) is 0 Å². The van der Waals surface area contributed by atoms with E-state index >= 15 is 0 Å². The Balaban J connectivity index is 2.83. The average Bonchev–Trinajstić information content (AvgIpc) is 2.16. The van der Waals surface area contributed by atoms with Crippen LogP contribution >= 0.6 is 0 Å². The van der Waals surface area contributed by atoms with Gasteiger partial charge in [-0.1, -0.05) is 6.07 Å². The van der Waals surface area contributed by atoms with Gasteiger partial charge in [0.05, 0.1) is 5.56 Å². The van der Waals surface area contributed by atoms with Crippen molar-refractivity contribution in [3.63, 3.8) is 0 Å². The molecule has 1 aromatic carbocycles. The van der Waals surface area contributed by atoms with E-state index in [0.717, 1.165) is 11.1 Å². The summed E-state index contributed by atoms with van der Waals surface area (Å²) in [6.07, 6.45) is 0. The van der Waals surface area contributed by atoms with Crippen molar-refractivity contribution in [3.05, 3.63) is 45.9 Å². The third-order valence-corrected chi connectivity index (χ3v) is 2.23. The van der Waals surface area contributed by atoms with Crippen molar-refractivity contribution in [1.29, 1.82) is 0 Å². The van der Waals surface area contributed by atoms with E-state index in [4.69, 9.17) is 5.11 Å². The van der Waals surface area contributed by atoms with E-state index in [-0.39, 0.29) is 11.1 Å². The number of aryl methyl sites for hydroxylation is 1. The molecule has 1 aromatic heterocycles. The first-order chi connectivity index (χ1) is 7.08. The highest BCUT2D eigenvalue weighted by molar-refractivity contribution is 5.94. The van der Waals surface area contributed by atoms with E-state index in [1.807, 2.05) is 6.07 Å². The molecular weight excluding hydrogens is 194 g/mol. The SMILES string of the molecule is Cc1cc2ccc(C(=O)O)cc2c(=O)[nH]1. The predicted octanol–water partition coefficient (Wildman–Crippen LogP) is 1.53. The second kappa shape index (κ2) is 3.24. The maximum absolute atomic E-state index is 11.5. The molecule has 2 rings (SSSR count). The topological polar surface area (TPSA) is 70.2 Å². The first-order valence-electron chi connectivity index (χ1n) is 4.45. The summed E-state index contributed by atoms with van der Waals surface area (Å²) in [6, 6.07) is 6.32. The van der Waals surface area contributed by atoms with Gasteiger partial charge in [-0.3, -0.25) is 4.79 Å². The van der Waals surface area contributed by atoms with Crippen molar-refractivity contribution in [2.24, 2.45) is 0 Å². The summed E-state index contributed by atoms with van der Waals surface area (Å²) in [5.41, 5.74) is 0.625. The van der Waals surface area contributed by atoms with Crippen LogP contribution in [0.15, 0.2) is 29.1 Å². The van der Waals surface area contributed by atoms with Gasteiger partial charge in [0, 0.05) is 11.1 Å². The van der Waals surface area contributed by atoms with Gasteiger partial charge in [0.15, 0.2) is 0 Å². The van der Waals surface area contributed by atoms with Crippen molar-refractivity contribution in [3.8, 4) is 0 Å². The van der Waals surface area contributed by atoms with Gasteiger partial charge < -0.3 is 10.1 Å². The number of fused-ring (bicyclic) bond motifs is 1. The monoisotopic (exact) mass is 203 g/mol. The van der Waals surface area contributed by atoms with Gasteiger partial charge in [0.25, 0.3) is 5.56 Å². The molecular formula is C11H9NO3. The predicted molar refractivity (Wildman–Crippen MR) is 56.3 cm³/mol. The Labute approximate surface area is 85.2 Å². The molecule has 4 nitrogen and oxygen atoms in total. The Morgan fingerprint density at radius 3 is 2.73 bits per heavy atom. The molecule has 0 aliphatic carbocycles. The number of hydrogen-bond donors (Lipinski definition) is 2. The summed E-state index contributed by atoms with van der Waals surface area (Å²) in [5, 5.41) is 9.93. The number of rotatable bonds is 1. The number of carboxylic acid groups (broad SMARTS) is 1. The summed E-state index contributed by atoms with van der Waals surface area (Å²) in [5.74, 6) is -1.03. The van der Waals surface area contributed by atoms with Crippen LogP contribution in [0.4, 0.5) is 0 Å². The molecule has 0 aliphatic heterocycles. The van der Waals surface area contributed by atoms with Crippen LogP contribution in [0.3, 0.4) is 0 Å². The molecule has 15 heavy (non-hydrogen) atoms. The lowest BCUT2D eigenvalue weighted by molar-refractivity contribution is 0.0697. The molecule has 0 amide bonds. The van der Waals surface area contributed by atoms with Gasteiger partial charge in [0.2, 0.25) is 0 Å². The van der Waals surface area contributed by atoms with Crippen molar-refractivity contribution < 1.29 is 9.90 Å². The van der Waals surface area contributed by atoms with Gasteiger partial charge >= 0.3 is 5.97 Å². The van der Waals surface area contributed by atoms with E-state index in [1.54, 1.807) is 13.0 Å². The maximum Gasteiger partial charge on any atom is 0.335 e. The zero-order valence-corrected chi connectivity index (χ0v) is 8.07. The van der Waals surface area contributed by atoms with Crippen molar-refractivity contribution in [2.45, 2.75) is 6.92 Å². The standard InChI is InChI=1S/C11H9NO3/c1-6-4-7-2-3-8(11(14)15)5-9(7)10(13)12-6/h2-5H,1H3,(H,12,13)(H,14,15). The highest BCUT2D eigenvalue weighted by Crippen LogP contribution is 2.12. The number of aromatic amines is 1. The number of pyridine rings is 1. The number of carbonyl (C=O) groups is 1. The Kier molecular flexibility index (Phi) is 2.04. The summed E-state index contributed by atoms with van der Waals surface area (Å²) in [7, 11) is 0. The molecule has 2 N–H and O–H groups in total. The molecule has 0 fully saturated rings. The number of H-pyrrole nitrogens is 1. The minimum atomic E-state index is -1.03. The molecule has 0 saturated carbocycles. The Bertz CT molecular complexity index is 598. The normalized spacial score (nSPS) is 10.5. The molecule has 0 unspecified atom stereocenters. The summed E-state index contributed by atoms with van der Waals surface area (Å²) >= 11 is 0. The molecule has 2 aromatic rings. The second-order valence-electron chi connectivity index (χ2n) is 3.39. The number of carboxylic acids is 1. The Morgan fingerprint density at radius 2 is 2.07 bits per heavy atom. The smallest absolute Gasteiger partial charge is 0.335 e. The number of aromatic nitrogens is 1. The zero-order chi connectivity index (χ0) is 11.0. The first-order valence-corrected chi connectivity index (χ1v) is 4.45. The van der Waals surface area contributed by atoms with Crippen LogP contribution in [0.5, 0.6) is 0 Å². The quantitative estimate of drug-likeness (QED) is 0.738. The lowest BCUT2D eigenvalue weighted by Gasteiger charge is -2.00. The molecule has 0 aliphatic rings. The average molecular weight is 203 g/mol. The summed E-state index contributed by atoms with van der Waals surface area (Å²) < 4.78 is 0. The van der Waals surface area contributed by atoms with Crippen molar-refractivity contribution in [2.75, 3.05) is 0 Å². The third kappa shape index (κ3) is 1.61. The number of benzene rings is 1. The van der Waals surface area contributed by atoms with Crippen LogP contribution in [-0.2, 0) is 0 Å². The van der Waals surface area contributed by atoms with E-state index in [1.165, 1.54) is 12.1 Å². The molecule has 0 radical (unpaired) electrons. The minimum Gasteiger partial charge on any atom is -0.478 e. The van der Waals surface area contributed by atoms with Crippen LogP contribution < -0.4 is 5.56 Å². The minimum absolute atomic E-state index is 0.122. The first kappa shape index (κ1) is 9.45. The Hall–Kier alpha value is -2.10. The lowest BCUT2D eigenvalue weighted by atomic mass is 10.1. The molecule has 1 heterocycles. The van der Waals surface area contributed by atoms with Gasteiger partial charge in [-0.25, -0.2) is 4.79 Å². The van der Waals surface area contributed by atoms with Gasteiger partial charge in [-0.05, 0) is 30.5 Å². The van der Waals surface area contributed by atoms with Crippen LogP contribution in [0, 0.1) is 6.92 Å². The van der Waals surface area contributed by atoms with Crippen molar-refractivity contribution >= 4 is 16.7 Å². The maximum atomic E-state index is 11.5. The lowest BCUT2D eigenvalue weighted by Crippen LogP contribution is -2.08. The highest BCUT2D eigenvalue weighted by atomic mass is 16.4. The molecule has 76 valence electrons. The van der Waals surface area contributed by atoms with Crippen LogP contribution in [0.25, 0.3) is 10.8 Å². The van der Waals surface area contributed by atoms with E-state index in [2.05, 4.69) is 4.98 Å². The fourth-order valence-corrected chi connectivity index (χ4v) is 1.53. The van der Waals surface area contributed by atoms with E-state index in [0.29, 0.717) is 5.39 Å². The molecule has 0 bridgehead atoms. The molecule has 0 atom stereocenters. The number of hydrogen-bond acceptors (Lipinski definition) is 2. The zero-order valence-electron chi connectivity index (χ0n) is 8.07. The van der Waals surface area contributed by atoms with Crippen LogP contribution in [-0.4, -0.2) is 16.1 Å². The molecule has 0 saturated heterocycles. The van der Waals surface area contributed by atoms with Gasteiger partial charge in [0.1, 0.15) is 0 Å². The van der Waals surface area contributed by atoms with Crippen molar-refractivity contribution in [1.82, 2.24) is 4.98 Å². The summed E-state index contributed by atoms with van der Waals surface area (Å²) in [4.78, 5) is 24.9. The fourth-order valence-electron chi connectivity index (χ4n) is 1.53. The molecule has 0 spiro atoms. The van der Waals surface area contributed by atoms with Gasteiger partial charge in [-0.15, -0.1) is 0 Å². The second-order valence-corrected chi connectivity index (χ2v) is 3.39. The summed E-state index contributed by atoms with van der Waals surface area (Å²) in [6.45, 7) is 1.78. The fraction of sp³-hybridized carbons (Fsp3) is 0.0909. The molecule has 4 heteroatoms. The third-order valence-electron chi connectivity index (χ3n) is 2.23. The van der Waals surface area contributed by atoms with E-state index in [9.17, 15) is 9.59 Å². The van der Waals surface area contributed by atoms with Crippen LogP contribution in [0.1, 0.15) is 16.1 Å². The largest absolute Gasteiger partial charge is 0.478 e. The van der Waals surface area contributed by atoms with E-state index < -0.39 is 5.97 Å². The number of aromatic carboxylic acids is 1. The number of nitrogens with one attached hydrogen (secondary N) is 1. The van der Waals surface area contributed by atoms with Gasteiger partial charge in [-0.2, -0.15) is 0 Å². The Morgan fingerprint density at radius 1 is 1.33 bits per heavy atom. The highest BCUT2D eigenvalue weighted by Gasteiger charge is 2.05.